The normalized spacial score (nSPS) is 15.2. The highest BCUT2D eigenvalue weighted by Gasteiger charge is 2.51. The van der Waals surface area contributed by atoms with Crippen LogP contribution in [-0.2, 0) is 9.59 Å². The Morgan fingerprint density at radius 2 is 2.04 bits per heavy atom. The van der Waals surface area contributed by atoms with Crippen molar-refractivity contribution in [3.63, 3.8) is 0 Å². The summed E-state index contributed by atoms with van der Waals surface area (Å²) in [6.45, 7) is -0.0713. The highest BCUT2D eigenvalue weighted by atomic mass is 19.4. The molecule has 0 fully saturated rings. The third-order valence-corrected chi connectivity index (χ3v) is 3.51. The lowest BCUT2D eigenvalue weighted by atomic mass is 10.0. The van der Waals surface area contributed by atoms with Crippen molar-refractivity contribution < 1.29 is 37.5 Å². The number of amides is 1. The standard InChI is InChI=1S/C17H13F3N2O6/c18-17(19,20)16-12(22(26)27)9-11-8-10(3-4-13(11)28-16)2-1-7-21-14(23)5-6-15(24)25/h3-4,8-9,16H,5-7H2,(H,21,23)(H,24,25). The van der Waals surface area contributed by atoms with Gasteiger partial charge in [0.05, 0.1) is 17.9 Å². The average molecular weight is 398 g/mol. The van der Waals surface area contributed by atoms with Gasteiger partial charge in [-0.1, -0.05) is 11.8 Å². The molecule has 0 spiro atoms. The van der Waals surface area contributed by atoms with E-state index in [9.17, 15) is 32.9 Å². The molecule has 1 aromatic rings. The first-order valence-electron chi connectivity index (χ1n) is 7.78. The monoisotopic (exact) mass is 398 g/mol. The zero-order chi connectivity index (χ0) is 20.9. The molecule has 8 nitrogen and oxygen atoms in total. The molecule has 0 saturated heterocycles. The number of nitrogens with zero attached hydrogens (tertiary/aromatic N) is 1. The van der Waals surface area contributed by atoms with Crippen molar-refractivity contribution in [2.24, 2.45) is 0 Å². The second kappa shape index (κ2) is 8.43. The molecule has 148 valence electrons. The molecular formula is C17H13F3N2O6. The van der Waals surface area contributed by atoms with E-state index >= 15 is 0 Å². The van der Waals surface area contributed by atoms with Gasteiger partial charge in [-0.15, -0.1) is 0 Å². The minimum Gasteiger partial charge on any atom is -0.481 e. The van der Waals surface area contributed by atoms with E-state index in [0.29, 0.717) is 5.56 Å². The lowest BCUT2D eigenvalue weighted by Gasteiger charge is -2.24. The highest BCUT2D eigenvalue weighted by molar-refractivity contribution is 5.80. The Bertz CT molecular complexity index is 898. The molecule has 1 heterocycles. The van der Waals surface area contributed by atoms with Crippen molar-refractivity contribution in [3.8, 4) is 17.6 Å². The molecule has 2 N–H and O–H groups in total. The minimum atomic E-state index is -4.94. The molecule has 11 heteroatoms. The van der Waals surface area contributed by atoms with E-state index in [4.69, 9.17) is 9.84 Å². The van der Waals surface area contributed by atoms with E-state index in [1.807, 2.05) is 0 Å². The van der Waals surface area contributed by atoms with Crippen LogP contribution in [0.2, 0.25) is 0 Å². The van der Waals surface area contributed by atoms with E-state index in [0.717, 1.165) is 6.08 Å². The summed E-state index contributed by atoms with van der Waals surface area (Å²) < 4.78 is 43.5. The fourth-order valence-corrected chi connectivity index (χ4v) is 2.25. The van der Waals surface area contributed by atoms with Gasteiger partial charge in [0.15, 0.2) is 0 Å². The summed E-state index contributed by atoms with van der Waals surface area (Å²) in [5, 5.41) is 21.8. The Morgan fingerprint density at radius 3 is 2.64 bits per heavy atom. The topological polar surface area (TPSA) is 119 Å². The van der Waals surface area contributed by atoms with Gasteiger partial charge in [-0.3, -0.25) is 19.7 Å². The van der Waals surface area contributed by atoms with Crippen molar-refractivity contribution in [2.75, 3.05) is 6.54 Å². The SMILES string of the molecule is O=C(O)CCC(=O)NCC#Cc1ccc2c(c1)C=C([N+](=O)[O-])C(C(F)(F)F)O2. The Labute approximate surface area is 156 Å². The van der Waals surface area contributed by atoms with E-state index < -0.39 is 34.8 Å². The number of nitro groups is 1. The Hall–Kier alpha value is -3.55. The quantitative estimate of drug-likeness (QED) is 0.445. The number of carboxylic acids is 1. The molecule has 1 unspecified atom stereocenters. The smallest absolute Gasteiger partial charge is 0.436 e. The summed E-state index contributed by atoms with van der Waals surface area (Å²) in [6.07, 6.45) is -7.31. The van der Waals surface area contributed by atoms with E-state index in [1.165, 1.54) is 18.2 Å². The number of halogens is 3. The molecule has 1 atom stereocenters. The number of hydrogen-bond donors (Lipinski definition) is 2. The third-order valence-electron chi connectivity index (χ3n) is 3.51. The molecule has 1 aromatic carbocycles. The maximum Gasteiger partial charge on any atom is 0.436 e. The van der Waals surface area contributed by atoms with Gasteiger partial charge in [0.2, 0.25) is 5.91 Å². The number of carboxylic acid groups (broad SMARTS) is 1. The number of alkyl halides is 3. The fraction of sp³-hybridized carbons (Fsp3) is 0.294. The van der Waals surface area contributed by atoms with Crippen LogP contribution in [0.3, 0.4) is 0 Å². The van der Waals surface area contributed by atoms with Crippen LogP contribution >= 0.6 is 0 Å². The highest BCUT2D eigenvalue weighted by Crippen LogP contribution is 2.37. The molecule has 1 aliphatic heterocycles. The Kier molecular flexibility index (Phi) is 6.25. The summed E-state index contributed by atoms with van der Waals surface area (Å²) in [6, 6.07) is 3.91. The second-order valence-corrected chi connectivity index (χ2v) is 5.59. The summed E-state index contributed by atoms with van der Waals surface area (Å²) in [5.41, 5.74) is -0.716. The Balaban J connectivity index is 2.10. The number of rotatable bonds is 5. The van der Waals surface area contributed by atoms with Crippen molar-refractivity contribution in [1.29, 1.82) is 0 Å². The second-order valence-electron chi connectivity index (χ2n) is 5.59. The molecule has 1 aliphatic rings. The van der Waals surface area contributed by atoms with Crippen LogP contribution in [0, 0.1) is 22.0 Å². The van der Waals surface area contributed by atoms with Gasteiger partial charge >= 0.3 is 12.1 Å². The first-order valence-corrected chi connectivity index (χ1v) is 7.78. The summed E-state index contributed by atoms with van der Waals surface area (Å²) in [7, 11) is 0. The lowest BCUT2D eigenvalue weighted by Crippen LogP contribution is -2.40. The largest absolute Gasteiger partial charge is 0.481 e. The molecule has 2 rings (SSSR count). The molecule has 0 aliphatic carbocycles. The van der Waals surface area contributed by atoms with Crippen molar-refractivity contribution in [3.05, 3.63) is 45.1 Å². The first kappa shape index (κ1) is 20.8. The molecular weight excluding hydrogens is 385 g/mol. The average Bonchev–Trinajstić information content (AvgIpc) is 2.61. The maximum atomic E-state index is 12.9. The number of aliphatic carboxylic acids is 1. The van der Waals surface area contributed by atoms with Gasteiger partial charge in [0.25, 0.3) is 11.8 Å². The van der Waals surface area contributed by atoms with E-state index in [-0.39, 0.29) is 30.7 Å². The van der Waals surface area contributed by atoms with Gasteiger partial charge in [0, 0.05) is 23.6 Å². The van der Waals surface area contributed by atoms with Crippen LogP contribution in [0.4, 0.5) is 13.2 Å². The number of hydrogen-bond acceptors (Lipinski definition) is 5. The van der Waals surface area contributed by atoms with Crippen LogP contribution in [0.1, 0.15) is 24.0 Å². The zero-order valence-electron chi connectivity index (χ0n) is 14.1. The lowest BCUT2D eigenvalue weighted by molar-refractivity contribution is -0.443. The predicted molar refractivity (Wildman–Crippen MR) is 88.6 cm³/mol. The van der Waals surface area contributed by atoms with E-state index in [1.54, 1.807) is 0 Å². The molecule has 1 amide bonds. The zero-order valence-corrected chi connectivity index (χ0v) is 14.1. The maximum absolute atomic E-state index is 12.9. The number of benzene rings is 1. The van der Waals surface area contributed by atoms with Crippen LogP contribution in [0.25, 0.3) is 6.08 Å². The van der Waals surface area contributed by atoms with Crippen LogP contribution in [-0.4, -0.2) is 40.7 Å². The molecule has 28 heavy (non-hydrogen) atoms. The van der Waals surface area contributed by atoms with Gasteiger partial charge in [-0.05, 0) is 18.2 Å². The van der Waals surface area contributed by atoms with E-state index in [2.05, 4.69) is 17.2 Å². The van der Waals surface area contributed by atoms with Crippen molar-refractivity contribution in [2.45, 2.75) is 25.1 Å². The van der Waals surface area contributed by atoms with Crippen molar-refractivity contribution in [1.82, 2.24) is 5.32 Å². The number of nitrogens with one attached hydrogen (secondary N) is 1. The minimum absolute atomic E-state index is 0.0713. The molecule has 0 radical (unpaired) electrons. The van der Waals surface area contributed by atoms with Gasteiger partial charge < -0.3 is 15.2 Å². The molecule has 0 aromatic heterocycles. The Morgan fingerprint density at radius 1 is 1.32 bits per heavy atom. The number of fused-ring (bicyclic) bond motifs is 1. The summed E-state index contributed by atoms with van der Waals surface area (Å²) in [4.78, 5) is 31.5. The number of carbonyl (C=O) groups is 2. The van der Waals surface area contributed by atoms with Gasteiger partial charge in [-0.25, -0.2) is 0 Å². The van der Waals surface area contributed by atoms with Gasteiger partial charge in [0.1, 0.15) is 5.75 Å². The van der Waals surface area contributed by atoms with Crippen LogP contribution in [0.15, 0.2) is 23.9 Å². The third kappa shape index (κ3) is 5.47. The molecule has 0 saturated carbocycles. The predicted octanol–water partition coefficient (Wildman–Crippen LogP) is 1.96. The summed E-state index contributed by atoms with van der Waals surface area (Å²) in [5.74, 6) is 3.47. The summed E-state index contributed by atoms with van der Waals surface area (Å²) >= 11 is 0. The van der Waals surface area contributed by atoms with Crippen LogP contribution in [0.5, 0.6) is 5.75 Å². The number of ether oxygens (including phenoxy) is 1. The van der Waals surface area contributed by atoms with Gasteiger partial charge in [-0.2, -0.15) is 13.2 Å². The van der Waals surface area contributed by atoms with Crippen LogP contribution < -0.4 is 10.1 Å². The first-order chi connectivity index (χ1) is 13.1. The van der Waals surface area contributed by atoms with Crippen molar-refractivity contribution >= 4 is 18.0 Å². The fourth-order valence-electron chi connectivity index (χ4n) is 2.25. The number of carbonyl (C=O) groups excluding carboxylic acids is 1. The molecule has 0 bridgehead atoms.